The van der Waals surface area contributed by atoms with Crippen LogP contribution in [0.2, 0.25) is 0 Å². The molecule has 0 bridgehead atoms. The van der Waals surface area contributed by atoms with E-state index in [-0.39, 0.29) is 34.7 Å². The van der Waals surface area contributed by atoms with Gasteiger partial charge in [-0.1, -0.05) is 65.0 Å². The van der Waals surface area contributed by atoms with Crippen molar-refractivity contribution in [2.75, 3.05) is 50.7 Å². The number of nitrogens with zero attached hydrogens (tertiary/aromatic N) is 2. The Morgan fingerprint density at radius 1 is 0.857 bits per heavy atom. The number of carbonyl (C=O) groups excluding carboxylic acids is 1. The number of piperazine rings is 1. The standard InChI is InChI=1S/C49H77N3O4/c1-34(2)36-17-22-49(25-26-50-27-28-51-29-31-52(32-30-51)35-13-11-10-12-14-35)24-23-47(8)37(42(36)49)15-16-39-46(7)20-19-40(56-41(53)33-44(3,4)43(54)55)45(5,6)38(46)18-21-48(39,47)9/h10-14,36-40,42,50H,1,15-33H2,2-9H3,(H,54,55)/t36?,37-,38+,39-,40+,42-,46+,47-,48-,49-/m1/s1. The number of carboxylic acid groups (broad SMARTS) is 1. The van der Waals surface area contributed by atoms with Crippen molar-refractivity contribution in [3.8, 4) is 0 Å². The van der Waals surface area contributed by atoms with E-state index in [1.165, 1.54) is 69.0 Å². The highest BCUT2D eigenvalue weighted by atomic mass is 16.5. The van der Waals surface area contributed by atoms with E-state index in [1.54, 1.807) is 13.8 Å². The minimum Gasteiger partial charge on any atom is -0.481 e. The molecule has 0 spiro atoms. The van der Waals surface area contributed by atoms with Gasteiger partial charge in [0.05, 0.1) is 11.8 Å². The number of aliphatic carboxylic acids is 1. The van der Waals surface area contributed by atoms with E-state index in [4.69, 9.17) is 4.74 Å². The van der Waals surface area contributed by atoms with Gasteiger partial charge in [0, 0.05) is 50.4 Å². The first kappa shape index (κ1) is 41.8. The lowest BCUT2D eigenvalue weighted by atomic mass is 9.32. The number of anilines is 1. The molecule has 1 aliphatic heterocycles. The minimum atomic E-state index is -1.12. The van der Waals surface area contributed by atoms with Crippen LogP contribution >= 0.6 is 0 Å². The van der Waals surface area contributed by atoms with Crippen LogP contribution in [-0.2, 0) is 14.3 Å². The fraction of sp³-hybridized carbons (Fsp3) is 0.796. The number of carbonyl (C=O) groups is 2. The van der Waals surface area contributed by atoms with Crippen molar-refractivity contribution in [3.05, 3.63) is 42.5 Å². The average Bonchev–Trinajstić information content (AvgIpc) is 3.53. The Kier molecular flexibility index (Phi) is 11.4. The first-order valence-electron chi connectivity index (χ1n) is 22.7. The summed E-state index contributed by atoms with van der Waals surface area (Å²) in [6, 6.07) is 10.9. The maximum absolute atomic E-state index is 13.1. The summed E-state index contributed by atoms with van der Waals surface area (Å²) in [4.78, 5) is 30.1. The molecule has 5 saturated carbocycles. The summed E-state index contributed by atoms with van der Waals surface area (Å²) in [5, 5.41) is 13.6. The van der Waals surface area contributed by atoms with Crippen LogP contribution in [-0.4, -0.2) is 73.9 Å². The summed E-state index contributed by atoms with van der Waals surface area (Å²) in [7, 11) is 0. The molecule has 1 saturated heterocycles. The zero-order valence-corrected chi connectivity index (χ0v) is 36.6. The van der Waals surface area contributed by atoms with Crippen LogP contribution in [0.25, 0.3) is 0 Å². The van der Waals surface area contributed by atoms with Crippen molar-refractivity contribution in [3.63, 3.8) is 0 Å². The number of fused-ring (bicyclic) bond motifs is 7. The van der Waals surface area contributed by atoms with Crippen LogP contribution in [0.5, 0.6) is 0 Å². The normalized spacial score (nSPS) is 39.5. The second-order valence-corrected chi connectivity index (χ2v) is 21.9. The molecule has 0 amide bonds. The highest BCUT2D eigenvalue weighted by Gasteiger charge is 2.71. The summed E-state index contributed by atoms with van der Waals surface area (Å²) in [5.74, 6) is 1.93. The van der Waals surface area contributed by atoms with Crippen LogP contribution in [0.3, 0.4) is 0 Å². The molecule has 56 heavy (non-hydrogen) atoms. The Morgan fingerprint density at radius 3 is 2.25 bits per heavy atom. The fourth-order valence-electron chi connectivity index (χ4n) is 15.1. The summed E-state index contributed by atoms with van der Waals surface area (Å²) in [6.45, 7) is 30.8. The Bertz CT molecular complexity index is 1600. The van der Waals surface area contributed by atoms with Crippen molar-refractivity contribution in [1.29, 1.82) is 0 Å². The van der Waals surface area contributed by atoms with E-state index >= 15 is 0 Å². The molecular weight excluding hydrogens is 695 g/mol. The average molecular weight is 772 g/mol. The van der Waals surface area contributed by atoms with E-state index < -0.39 is 11.4 Å². The molecule has 7 nitrogen and oxygen atoms in total. The summed E-state index contributed by atoms with van der Waals surface area (Å²) < 4.78 is 6.22. The van der Waals surface area contributed by atoms with Crippen LogP contribution in [0.4, 0.5) is 5.69 Å². The first-order valence-corrected chi connectivity index (χ1v) is 22.7. The summed E-state index contributed by atoms with van der Waals surface area (Å²) >= 11 is 0. The predicted molar refractivity (Wildman–Crippen MR) is 227 cm³/mol. The van der Waals surface area contributed by atoms with Gasteiger partial charge in [-0.3, -0.25) is 14.5 Å². The second-order valence-electron chi connectivity index (χ2n) is 21.9. The molecule has 0 aromatic heterocycles. The second kappa shape index (κ2) is 15.3. The monoisotopic (exact) mass is 772 g/mol. The number of ether oxygens (including phenoxy) is 1. The van der Waals surface area contributed by atoms with E-state index in [1.807, 2.05) is 0 Å². The third-order valence-electron chi connectivity index (χ3n) is 18.5. The van der Waals surface area contributed by atoms with Crippen LogP contribution in [0.1, 0.15) is 132 Å². The molecule has 0 radical (unpaired) electrons. The Labute approximate surface area is 340 Å². The predicted octanol–water partition coefficient (Wildman–Crippen LogP) is 9.86. The number of para-hydroxylation sites is 1. The molecule has 1 heterocycles. The minimum absolute atomic E-state index is 0.0890. The Morgan fingerprint density at radius 2 is 1.57 bits per heavy atom. The number of rotatable bonds is 12. The number of hydrogen-bond donors (Lipinski definition) is 2. The molecule has 1 aromatic rings. The molecule has 312 valence electrons. The molecular formula is C49H77N3O4. The van der Waals surface area contributed by atoms with Gasteiger partial charge in [0.15, 0.2) is 0 Å². The van der Waals surface area contributed by atoms with Gasteiger partial charge in [-0.25, -0.2) is 0 Å². The van der Waals surface area contributed by atoms with E-state index in [0.29, 0.717) is 28.6 Å². The number of benzene rings is 1. The Hall–Kier alpha value is -2.38. The maximum Gasteiger partial charge on any atom is 0.309 e. The van der Waals surface area contributed by atoms with Gasteiger partial charge in [0.25, 0.3) is 0 Å². The number of allylic oxidation sites excluding steroid dienone is 1. The van der Waals surface area contributed by atoms with Crippen LogP contribution in [0.15, 0.2) is 42.5 Å². The van der Waals surface area contributed by atoms with Crippen LogP contribution < -0.4 is 10.2 Å². The van der Waals surface area contributed by atoms with E-state index in [9.17, 15) is 14.7 Å². The number of hydrogen-bond acceptors (Lipinski definition) is 6. The Balaban J connectivity index is 1.00. The zero-order valence-electron chi connectivity index (χ0n) is 36.6. The van der Waals surface area contributed by atoms with E-state index in [0.717, 1.165) is 70.5 Å². The van der Waals surface area contributed by atoms with Gasteiger partial charge in [0.1, 0.15) is 6.10 Å². The quantitative estimate of drug-likeness (QED) is 0.124. The lowest BCUT2D eigenvalue weighted by molar-refractivity contribution is -0.250. The van der Waals surface area contributed by atoms with Crippen molar-refractivity contribution < 1.29 is 19.4 Å². The van der Waals surface area contributed by atoms with Gasteiger partial charge in [-0.2, -0.15) is 0 Å². The molecule has 6 aliphatic rings. The van der Waals surface area contributed by atoms with Crippen LogP contribution in [0, 0.1) is 62.1 Å². The molecule has 1 unspecified atom stereocenters. The topological polar surface area (TPSA) is 82.1 Å². The number of esters is 1. The summed E-state index contributed by atoms with van der Waals surface area (Å²) in [5.41, 5.74) is 2.70. The molecule has 6 fully saturated rings. The number of nitrogens with one attached hydrogen (secondary N) is 1. The molecule has 7 heteroatoms. The zero-order chi connectivity index (χ0) is 40.3. The van der Waals surface area contributed by atoms with Crippen molar-refractivity contribution >= 4 is 17.6 Å². The fourth-order valence-corrected chi connectivity index (χ4v) is 15.1. The highest BCUT2D eigenvalue weighted by molar-refractivity contribution is 5.81. The number of carboxylic acids is 1. The SMILES string of the molecule is C=C(C)C1CC[C@]2(CCNCCN3CCN(c4ccccc4)CC3)CC[C@]3(C)[C@H](CC[C@@H]4[C@@]5(C)CC[C@H](OC(=O)CC(C)(C)C(=O)O)C(C)(C)[C@@H]5CC[C@]43C)[C@@H]12. The highest BCUT2D eigenvalue weighted by Crippen LogP contribution is 2.78. The third kappa shape index (κ3) is 7.09. The lowest BCUT2D eigenvalue weighted by Crippen LogP contribution is -2.66. The summed E-state index contributed by atoms with van der Waals surface area (Å²) in [6.07, 6.45) is 13.4. The molecule has 1 aromatic carbocycles. The van der Waals surface area contributed by atoms with Gasteiger partial charge in [0.2, 0.25) is 0 Å². The first-order chi connectivity index (χ1) is 26.4. The lowest BCUT2D eigenvalue weighted by Gasteiger charge is -2.73. The van der Waals surface area contributed by atoms with Crippen molar-refractivity contribution in [2.45, 2.75) is 139 Å². The molecule has 5 aliphatic carbocycles. The van der Waals surface area contributed by atoms with E-state index in [2.05, 4.69) is 93.6 Å². The maximum atomic E-state index is 13.1. The third-order valence-corrected chi connectivity index (χ3v) is 18.5. The molecule has 2 N–H and O–H groups in total. The van der Waals surface area contributed by atoms with Gasteiger partial charge >= 0.3 is 11.9 Å². The largest absolute Gasteiger partial charge is 0.481 e. The molecule has 7 rings (SSSR count). The smallest absolute Gasteiger partial charge is 0.309 e. The van der Waals surface area contributed by atoms with Gasteiger partial charge in [-0.05, 0) is 161 Å². The van der Waals surface area contributed by atoms with Gasteiger partial charge in [-0.15, -0.1) is 0 Å². The van der Waals surface area contributed by atoms with Crippen molar-refractivity contribution in [1.82, 2.24) is 10.2 Å². The molecule has 10 atom stereocenters. The van der Waals surface area contributed by atoms with Gasteiger partial charge < -0.3 is 20.1 Å². The van der Waals surface area contributed by atoms with Crippen molar-refractivity contribution in [2.24, 2.45) is 62.1 Å².